The van der Waals surface area contributed by atoms with Gasteiger partial charge in [-0.15, -0.1) is 0 Å². The number of aliphatic carboxylic acids is 1. The Morgan fingerprint density at radius 3 is 2.46 bits per heavy atom. The van der Waals surface area contributed by atoms with E-state index in [4.69, 9.17) is 5.11 Å². The van der Waals surface area contributed by atoms with Crippen LogP contribution in [0.15, 0.2) is 24.3 Å². The number of carboxylic acid groups (broad SMARTS) is 1. The van der Waals surface area contributed by atoms with Gasteiger partial charge >= 0.3 is 12.0 Å². The van der Waals surface area contributed by atoms with Crippen LogP contribution >= 0.6 is 0 Å². The van der Waals surface area contributed by atoms with Crippen molar-refractivity contribution in [2.45, 2.75) is 38.4 Å². The van der Waals surface area contributed by atoms with Crippen LogP contribution in [0.1, 0.15) is 35.7 Å². The van der Waals surface area contributed by atoms with Crippen molar-refractivity contribution in [1.29, 1.82) is 0 Å². The van der Waals surface area contributed by atoms with E-state index < -0.39 is 12.0 Å². The summed E-state index contributed by atoms with van der Waals surface area (Å²) in [5.41, 5.74) is 1.26. The molecule has 0 spiro atoms. The lowest BCUT2D eigenvalue weighted by Gasteiger charge is -2.42. The van der Waals surface area contributed by atoms with Crippen molar-refractivity contribution in [3.8, 4) is 0 Å². The molecule has 1 aliphatic heterocycles. The highest BCUT2D eigenvalue weighted by Gasteiger charge is 2.34. The summed E-state index contributed by atoms with van der Waals surface area (Å²) in [6.45, 7) is 2.80. The minimum absolute atomic E-state index is 0.0147. The number of carbonyl (C=O) groups is 4. The zero-order chi connectivity index (χ0) is 20.3. The molecule has 0 aromatic heterocycles. The van der Waals surface area contributed by atoms with E-state index in [1.54, 1.807) is 24.3 Å². The first-order chi connectivity index (χ1) is 13.4. The molecule has 1 saturated carbocycles. The quantitative estimate of drug-likeness (QED) is 0.555. The third kappa shape index (κ3) is 4.48. The van der Waals surface area contributed by atoms with Crippen molar-refractivity contribution in [1.82, 2.24) is 20.4 Å². The zero-order valence-corrected chi connectivity index (χ0v) is 15.7. The maximum absolute atomic E-state index is 12.4. The fourth-order valence-corrected chi connectivity index (χ4v) is 3.50. The number of nitrogens with zero attached hydrogens (tertiary/aromatic N) is 2. The number of rotatable bonds is 8. The molecule has 150 valence electrons. The molecule has 0 atom stereocenters. The van der Waals surface area contributed by atoms with Gasteiger partial charge in [-0.2, -0.15) is 0 Å². The van der Waals surface area contributed by atoms with Crippen LogP contribution in [0, 0.1) is 0 Å². The summed E-state index contributed by atoms with van der Waals surface area (Å²) in [6.07, 6.45) is 1.47. The summed E-state index contributed by atoms with van der Waals surface area (Å²) >= 11 is 0. The number of imide groups is 1. The van der Waals surface area contributed by atoms with Gasteiger partial charge in [0.05, 0.1) is 19.6 Å². The van der Waals surface area contributed by atoms with Crippen molar-refractivity contribution < 1.29 is 24.3 Å². The predicted octanol–water partition coefficient (Wildman–Crippen LogP) is 0.406. The summed E-state index contributed by atoms with van der Waals surface area (Å²) < 4.78 is 0. The van der Waals surface area contributed by atoms with Crippen LogP contribution < -0.4 is 10.6 Å². The molecule has 3 N–H and O–H groups in total. The van der Waals surface area contributed by atoms with E-state index in [1.165, 1.54) is 0 Å². The number of benzene rings is 1. The Morgan fingerprint density at radius 1 is 1.25 bits per heavy atom. The lowest BCUT2D eigenvalue weighted by molar-refractivity contribution is -0.139. The van der Waals surface area contributed by atoms with E-state index in [1.807, 2.05) is 11.8 Å². The van der Waals surface area contributed by atoms with Gasteiger partial charge in [-0.05, 0) is 37.1 Å². The highest BCUT2D eigenvalue weighted by atomic mass is 16.4. The Kier molecular flexibility index (Phi) is 5.93. The highest BCUT2D eigenvalue weighted by Crippen LogP contribution is 2.26. The summed E-state index contributed by atoms with van der Waals surface area (Å²) in [6, 6.07) is 6.59. The maximum Gasteiger partial charge on any atom is 0.324 e. The lowest BCUT2D eigenvalue weighted by atomic mass is 9.85. The van der Waals surface area contributed by atoms with Crippen LogP contribution in [-0.2, 0) is 16.1 Å². The molecule has 1 heterocycles. The second kappa shape index (κ2) is 8.39. The van der Waals surface area contributed by atoms with Crippen molar-refractivity contribution in [2.24, 2.45) is 0 Å². The van der Waals surface area contributed by atoms with Crippen LogP contribution in [0.4, 0.5) is 4.79 Å². The van der Waals surface area contributed by atoms with E-state index in [2.05, 4.69) is 10.6 Å². The first-order valence-electron chi connectivity index (χ1n) is 9.31. The first-order valence-corrected chi connectivity index (χ1v) is 9.31. The molecule has 0 unspecified atom stereocenters. The number of amides is 4. The minimum atomic E-state index is -0.845. The van der Waals surface area contributed by atoms with Crippen LogP contribution in [0.5, 0.6) is 0 Å². The van der Waals surface area contributed by atoms with E-state index in [-0.39, 0.29) is 43.5 Å². The van der Waals surface area contributed by atoms with Crippen molar-refractivity contribution in [3.63, 3.8) is 0 Å². The Morgan fingerprint density at radius 2 is 1.93 bits per heavy atom. The second-order valence-corrected chi connectivity index (χ2v) is 7.09. The smallest absolute Gasteiger partial charge is 0.324 e. The largest absolute Gasteiger partial charge is 0.480 e. The summed E-state index contributed by atoms with van der Waals surface area (Å²) in [7, 11) is 0. The van der Waals surface area contributed by atoms with Crippen LogP contribution in [-0.4, -0.2) is 70.4 Å². The number of hydrogen-bond donors (Lipinski definition) is 3. The summed E-state index contributed by atoms with van der Waals surface area (Å²) in [5.74, 6) is -1.30. The lowest BCUT2D eigenvalue weighted by Crippen LogP contribution is -2.54. The van der Waals surface area contributed by atoms with Crippen molar-refractivity contribution >= 4 is 23.8 Å². The maximum atomic E-state index is 12.4. The zero-order valence-electron chi connectivity index (χ0n) is 15.7. The van der Waals surface area contributed by atoms with E-state index in [9.17, 15) is 19.2 Å². The summed E-state index contributed by atoms with van der Waals surface area (Å²) in [4.78, 5) is 49.5. The third-order valence-electron chi connectivity index (χ3n) is 5.20. The standard InChI is InChI=1S/C19H24N4O5/c1-2-22(11-17(25)26)15-7-14(8-15)21-18(27)13-5-3-12(4-6-13)10-23-16(24)9-20-19(23)28/h3-6,14-15H,2,7-11H2,1H3,(H,20,28)(H,21,27)(H,25,26). The van der Waals surface area contributed by atoms with Gasteiger partial charge in [0.2, 0.25) is 5.91 Å². The van der Waals surface area contributed by atoms with Gasteiger partial charge in [0.1, 0.15) is 0 Å². The second-order valence-electron chi connectivity index (χ2n) is 7.09. The molecule has 4 amide bonds. The summed E-state index contributed by atoms with van der Waals surface area (Å²) in [5, 5.41) is 14.4. The monoisotopic (exact) mass is 388 g/mol. The van der Waals surface area contributed by atoms with Crippen LogP contribution in [0.2, 0.25) is 0 Å². The van der Waals surface area contributed by atoms with Gasteiger partial charge in [-0.1, -0.05) is 19.1 Å². The molecule has 2 fully saturated rings. The van der Waals surface area contributed by atoms with Crippen LogP contribution in [0.25, 0.3) is 0 Å². The Labute approximate surface area is 162 Å². The van der Waals surface area contributed by atoms with Gasteiger partial charge < -0.3 is 15.7 Å². The average molecular weight is 388 g/mol. The first kappa shape index (κ1) is 19.8. The van der Waals surface area contributed by atoms with Gasteiger partial charge in [0.25, 0.3) is 5.91 Å². The van der Waals surface area contributed by atoms with E-state index in [0.29, 0.717) is 12.1 Å². The van der Waals surface area contributed by atoms with Crippen molar-refractivity contribution in [3.05, 3.63) is 35.4 Å². The molecule has 0 bridgehead atoms. The molecular weight excluding hydrogens is 364 g/mol. The number of likely N-dealkylation sites (N-methyl/N-ethyl adjacent to an activating group) is 1. The number of hydrogen-bond acceptors (Lipinski definition) is 5. The molecule has 28 heavy (non-hydrogen) atoms. The molecule has 9 nitrogen and oxygen atoms in total. The topological polar surface area (TPSA) is 119 Å². The molecule has 2 aliphatic rings. The van der Waals surface area contributed by atoms with E-state index >= 15 is 0 Å². The van der Waals surface area contributed by atoms with Gasteiger partial charge in [0, 0.05) is 17.6 Å². The van der Waals surface area contributed by atoms with Crippen molar-refractivity contribution in [2.75, 3.05) is 19.6 Å². The number of carbonyl (C=O) groups excluding carboxylic acids is 3. The fourth-order valence-electron chi connectivity index (χ4n) is 3.50. The number of urea groups is 1. The molecule has 9 heteroatoms. The van der Waals surface area contributed by atoms with E-state index in [0.717, 1.165) is 23.3 Å². The average Bonchev–Trinajstić information content (AvgIpc) is 2.95. The molecule has 1 aliphatic carbocycles. The minimum Gasteiger partial charge on any atom is -0.480 e. The SMILES string of the molecule is CCN(CC(=O)O)C1CC(NC(=O)c2ccc(CN3C(=O)CNC3=O)cc2)C1. The number of nitrogens with one attached hydrogen (secondary N) is 2. The van der Waals surface area contributed by atoms with Gasteiger partial charge in [0.15, 0.2) is 0 Å². The predicted molar refractivity (Wildman–Crippen MR) is 99.5 cm³/mol. The molecule has 0 radical (unpaired) electrons. The molecule has 1 saturated heterocycles. The molecular formula is C19H24N4O5. The Bertz CT molecular complexity index is 757. The normalized spacial score (nSPS) is 21.4. The van der Waals surface area contributed by atoms with Gasteiger partial charge in [-0.25, -0.2) is 4.79 Å². The third-order valence-corrected chi connectivity index (χ3v) is 5.20. The molecule has 1 aromatic rings. The molecule has 1 aromatic carbocycles. The Balaban J connectivity index is 1.48. The fraction of sp³-hybridized carbons (Fsp3) is 0.474. The van der Waals surface area contributed by atoms with Gasteiger partial charge in [-0.3, -0.25) is 24.2 Å². The Hall–Kier alpha value is -2.94. The molecule has 3 rings (SSSR count). The van der Waals surface area contributed by atoms with Crippen LogP contribution in [0.3, 0.4) is 0 Å². The highest BCUT2D eigenvalue weighted by molar-refractivity contribution is 6.01. The number of carboxylic acids is 1.